The summed E-state index contributed by atoms with van der Waals surface area (Å²) in [6, 6.07) is 3.53. The van der Waals surface area contributed by atoms with Crippen molar-refractivity contribution in [3.63, 3.8) is 0 Å². The normalized spacial score (nSPS) is 9.85. The Balaban J connectivity index is 1.82. The van der Waals surface area contributed by atoms with E-state index in [0.717, 1.165) is 4.88 Å². The van der Waals surface area contributed by atoms with Crippen LogP contribution in [-0.4, -0.2) is 34.3 Å². The molecule has 0 saturated carbocycles. The summed E-state index contributed by atoms with van der Waals surface area (Å²) < 4.78 is 4.60. The molecule has 2 aromatic rings. The maximum atomic E-state index is 11.9. The molecule has 0 saturated heterocycles. The van der Waals surface area contributed by atoms with Gasteiger partial charge >= 0.3 is 0 Å². The first-order chi connectivity index (χ1) is 9.79. The zero-order valence-electron chi connectivity index (χ0n) is 10.6. The van der Waals surface area contributed by atoms with Gasteiger partial charge in [0.2, 0.25) is 6.39 Å². The molecule has 2 heterocycles. The highest BCUT2D eigenvalue weighted by atomic mass is 32.1. The van der Waals surface area contributed by atoms with Crippen LogP contribution in [0.5, 0.6) is 0 Å². The van der Waals surface area contributed by atoms with E-state index in [1.807, 2.05) is 0 Å². The van der Waals surface area contributed by atoms with Crippen LogP contribution in [0, 0.1) is 11.8 Å². The Morgan fingerprint density at radius 2 is 2.40 bits per heavy atom. The Morgan fingerprint density at radius 3 is 3.15 bits per heavy atom. The van der Waals surface area contributed by atoms with Gasteiger partial charge in [0.25, 0.3) is 5.91 Å². The second-order valence-electron chi connectivity index (χ2n) is 3.79. The van der Waals surface area contributed by atoms with Gasteiger partial charge in [-0.1, -0.05) is 17.0 Å². The first-order valence-electron chi connectivity index (χ1n) is 6.02. The number of nitrogens with one attached hydrogen (secondary N) is 1. The summed E-state index contributed by atoms with van der Waals surface area (Å²) in [5.41, 5.74) is 0. The minimum atomic E-state index is -0.145. The molecule has 0 atom stereocenters. The SMILES string of the molecule is O=C(NCCc1ncon1)c1ccc(C#CCCO)s1. The van der Waals surface area contributed by atoms with Crippen molar-refractivity contribution in [1.82, 2.24) is 15.5 Å². The monoisotopic (exact) mass is 291 g/mol. The van der Waals surface area contributed by atoms with Crippen LogP contribution in [0.4, 0.5) is 0 Å². The number of aromatic nitrogens is 2. The van der Waals surface area contributed by atoms with E-state index < -0.39 is 0 Å². The summed E-state index contributed by atoms with van der Waals surface area (Å²) in [5.74, 6) is 6.13. The number of thiophene rings is 1. The molecule has 1 amide bonds. The first kappa shape index (κ1) is 14.2. The number of hydrogen-bond donors (Lipinski definition) is 2. The van der Waals surface area contributed by atoms with E-state index in [0.29, 0.717) is 30.1 Å². The Labute approximate surface area is 119 Å². The number of nitrogens with zero attached hydrogens (tertiary/aromatic N) is 2. The van der Waals surface area contributed by atoms with Crippen LogP contribution in [0.1, 0.15) is 26.8 Å². The molecule has 0 aliphatic rings. The maximum absolute atomic E-state index is 11.9. The predicted molar refractivity (Wildman–Crippen MR) is 73.2 cm³/mol. The standard InChI is InChI=1S/C13H13N3O3S/c17-8-2-1-3-10-4-5-11(20-10)13(18)14-7-6-12-15-9-19-16-12/h4-5,9,17H,2,6-8H2,(H,14,18). The molecule has 6 nitrogen and oxygen atoms in total. The molecule has 104 valence electrons. The van der Waals surface area contributed by atoms with E-state index >= 15 is 0 Å². The highest BCUT2D eigenvalue weighted by Gasteiger charge is 2.08. The minimum Gasteiger partial charge on any atom is -0.395 e. The summed E-state index contributed by atoms with van der Waals surface area (Å²) in [6.45, 7) is 0.490. The largest absolute Gasteiger partial charge is 0.395 e. The van der Waals surface area contributed by atoms with E-state index in [9.17, 15) is 4.79 Å². The summed E-state index contributed by atoms with van der Waals surface area (Å²) in [5, 5.41) is 15.1. The van der Waals surface area contributed by atoms with Gasteiger partial charge in [0, 0.05) is 19.4 Å². The van der Waals surface area contributed by atoms with Crippen molar-refractivity contribution in [3.05, 3.63) is 34.1 Å². The molecule has 0 aromatic carbocycles. The molecule has 0 unspecified atom stereocenters. The van der Waals surface area contributed by atoms with Gasteiger partial charge in [0.05, 0.1) is 16.4 Å². The van der Waals surface area contributed by atoms with E-state index in [-0.39, 0.29) is 12.5 Å². The van der Waals surface area contributed by atoms with Crippen molar-refractivity contribution < 1.29 is 14.4 Å². The lowest BCUT2D eigenvalue weighted by atomic mass is 10.3. The third-order valence-corrected chi connectivity index (χ3v) is 3.32. The van der Waals surface area contributed by atoms with Crippen molar-refractivity contribution >= 4 is 17.2 Å². The van der Waals surface area contributed by atoms with E-state index in [1.54, 1.807) is 12.1 Å². The average Bonchev–Trinajstić information content (AvgIpc) is 3.10. The van der Waals surface area contributed by atoms with Crippen molar-refractivity contribution in [2.75, 3.05) is 13.2 Å². The lowest BCUT2D eigenvalue weighted by Gasteiger charge is -2.00. The molecular formula is C13H13N3O3S. The van der Waals surface area contributed by atoms with Gasteiger partial charge in [-0.15, -0.1) is 11.3 Å². The highest BCUT2D eigenvalue weighted by Crippen LogP contribution is 2.15. The summed E-state index contributed by atoms with van der Waals surface area (Å²) in [6.07, 6.45) is 2.22. The van der Waals surface area contributed by atoms with Crippen LogP contribution < -0.4 is 5.32 Å². The van der Waals surface area contributed by atoms with Crippen LogP contribution >= 0.6 is 11.3 Å². The third kappa shape index (κ3) is 4.19. The fraction of sp³-hybridized carbons (Fsp3) is 0.308. The average molecular weight is 291 g/mol. The third-order valence-electron chi connectivity index (χ3n) is 2.32. The van der Waals surface area contributed by atoms with Gasteiger partial charge in [-0.2, -0.15) is 4.98 Å². The summed E-state index contributed by atoms with van der Waals surface area (Å²) >= 11 is 1.32. The molecule has 2 aromatic heterocycles. The molecule has 0 fully saturated rings. The number of carbonyl (C=O) groups excluding carboxylic acids is 1. The topological polar surface area (TPSA) is 88.3 Å². The first-order valence-corrected chi connectivity index (χ1v) is 6.84. The Hall–Kier alpha value is -2.17. The molecule has 0 aliphatic carbocycles. The number of hydrogen-bond acceptors (Lipinski definition) is 6. The number of aliphatic hydroxyl groups is 1. The fourth-order valence-corrected chi connectivity index (χ4v) is 2.21. The Morgan fingerprint density at radius 1 is 1.50 bits per heavy atom. The van der Waals surface area contributed by atoms with Crippen molar-refractivity contribution in [2.45, 2.75) is 12.8 Å². The van der Waals surface area contributed by atoms with Crippen LogP contribution in [0.15, 0.2) is 23.0 Å². The molecule has 0 aliphatic heterocycles. The molecule has 2 rings (SSSR count). The minimum absolute atomic E-state index is 0.0435. The van der Waals surface area contributed by atoms with Crippen LogP contribution in [-0.2, 0) is 6.42 Å². The molecule has 2 N–H and O–H groups in total. The molecular weight excluding hydrogens is 278 g/mol. The fourth-order valence-electron chi connectivity index (χ4n) is 1.41. The van der Waals surface area contributed by atoms with Gasteiger partial charge in [-0.25, -0.2) is 0 Å². The second kappa shape index (κ2) is 7.43. The predicted octanol–water partition coefficient (Wildman–Crippen LogP) is 0.837. The summed E-state index contributed by atoms with van der Waals surface area (Å²) in [4.78, 5) is 17.1. The number of aliphatic hydroxyl groups excluding tert-OH is 1. The Kier molecular flexibility index (Phi) is 5.29. The molecule has 0 bridgehead atoms. The molecule has 20 heavy (non-hydrogen) atoms. The van der Waals surface area contributed by atoms with Crippen molar-refractivity contribution in [3.8, 4) is 11.8 Å². The van der Waals surface area contributed by atoms with Gasteiger partial charge < -0.3 is 14.9 Å². The van der Waals surface area contributed by atoms with E-state index in [1.165, 1.54) is 17.7 Å². The van der Waals surface area contributed by atoms with Gasteiger partial charge in [-0.05, 0) is 12.1 Å². The van der Waals surface area contributed by atoms with Gasteiger partial charge in [0.1, 0.15) is 0 Å². The van der Waals surface area contributed by atoms with Gasteiger partial charge in [0.15, 0.2) is 5.82 Å². The molecule has 0 spiro atoms. The Bertz CT molecular complexity index is 610. The second-order valence-corrected chi connectivity index (χ2v) is 4.88. The zero-order chi connectivity index (χ0) is 14.2. The van der Waals surface area contributed by atoms with E-state index in [4.69, 9.17) is 5.11 Å². The number of rotatable bonds is 5. The quantitative estimate of drug-likeness (QED) is 0.797. The van der Waals surface area contributed by atoms with Crippen molar-refractivity contribution in [1.29, 1.82) is 0 Å². The van der Waals surface area contributed by atoms with Crippen molar-refractivity contribution in [2.24, 2.45) is 0 Å². The number of carbonyl (C=O) groups is 1. The maximum Gasteiger partial charge on any atom is 0.261 e. The van der Waals surface area contributed by atoms with Crippen LogP contribution in [0.25, 0.3) is 0 Å². The lowest BCUT2D eigenvalue weighted by Crippen LogP contribution is -2.25. The van der Waals surface area contributed by atoms with E-state index in [2.05, 4.69) is 31.8 Å². The summed E-state index contributed by atoms with van der Waals surface area (Å²) in [7, 11) is 0. The van der Waals surface area contributed by atoms with Gasteiger partial charge in [-0.3, -0.25) is 4.79 Å². The zero-order valence-corrected chi connectivity index (χ0v) is 11.4. The smallest absolute Gasteiger partial charge is 0.261 e. The number of amides is 1. The molecule has 0 radical (unpaired) electrons. The molecule has 7 heteroatoms. The van der Waals surface area contributed by atoms with Crippen LogP contribution in [0.3, 0.4) is 0 Å². The highest BCUT2D eigenvalue weighted by molar-refractivity contribution is 7.14. The lowest BCUT2D eigenvalue weighted by molar-refractivity contribution is 0.0958. The van der Waals surface area contributed by atoms with Crippen LogP contribution in [0.2, 0.25) is 0 Å².